The Morgan fingerprint density at radius 2 is 1.87 bits per heavy atom. The molecule has 8 heteroatoms. The predicted octanol–water partition coefficient (Wildman–Crippen LogP) is 4.99. The van der Waals surface area contributed by atoms with Crippen LogP contribution in [-0.4, -0.2) is 66.9 Å². The lowest BCUT2D eigenvalue weighted by Gasteiger charge is -2.39. The number of nitrogens with zero attached hydrogens (tertiary/aromatic N) is 4. The van der Waals surface area contributed by atoms with Crippen LogP contribution in [0.25, 0.3) is 0 Å². The molecule has 2 aliphatic carbocycles. The number of benzene rings is 1. The Morgan fingerprint density at radius 3 is 2.62 bits per heavy atom. The fraction of sp³-hybridized carbons (Fsp3) is 0.613. The van der Waals surface area contributed by atoms with Crippen molar-refractivity contribution >= 4 is 23.7 Å². The standard InChI is InChI=1S/C31H43N5O3/c1-32-28-10-9-27(39-2)18-24(28)11-14-36(21-37)26-12-15-35(16-13-26)30-19-29(33-20-34-30)31(38)25-8-7-22-5-3-4-6-23(22)17-25/h9-10,18-23,25-26,32H,3-8,11-17H2,1-2H3/t22-,23-,25?/m1/s1. The van der Waals surface area contributed by atoms with E-state index < -0.39 is 0 Å². The molecular weight excluding hydrogens is 490 g/mol. The zero-order valence-electron chi connectivity index (χ0n) is 23.5. The molecule has 0 bridgehead atoms. The molecule has 2 aromatic rings. The van der Waals surface area contributed by atoms with E-state index in [1.807, 2.05) is 36.2 Å². The zero-order valence-corrected chi connectivity index (χ0v) is 23.5. The highest BCUT2D eigenvalue weighted by atomic mass is 16.5. The quantitative estimate of drug-likeness (QED) is 0.340. The Labute approximate surface area is 232 Å². The highest BCUT2D eigenvalue weighted by Gasteiger charge is 2.36. The minimum Gasteiger partial charge on any atom is -0.497 e. The number of amides is 1. The molecular formula is C31H43N5O3. The first-order valence-electron chi connectivity index (χ1n) is 14.8. The van der Waals surface area contributed by atoms with Gasteiger partial charge in [-0.05, 0) is 74.1 Å². The first-order chi connectivity index (χ1) is 19.1. The van der Waals surface area contributed by atoms with E-state index in [4.69, 9.17) is 4.74 Å². The summed E-state index contributed by atoms with van der Waals surface area (Å²) in [4.78, 5) is 38.5. The van der Waals surface area contributed by atoms with Crippen LogP contribution in [0.1, 0.15) is 73.8 Å². The summed E-state index contributed by atoms with van der Waals surface area (Å²) in [6, 6.07) is 8.08. The second-order valence-electron chi connectivity index (χ2n) is 11.5. The smallest absolute Gasteiger partial charge is 0.209 e. The van der Waals surface area contributed by atoms with Gasteiger partial charge in [0.25, 0.3) is 0 Å². The van der Waals surface area contributed by atoms with E-state index >= 15 is 0 Å². The number of carbonyl (C=O) groups excluding carboxylic acids is 2. The van der Waals surface area contributed by atoms with E-state index in [2.05, 4.69) is 20.2 Å². The van der Waals surface area contributed by atoms with Crippen molar-refractivity contribution in [2.24, 2.45) is 17.8 Å². The number of ether oxygens (including phenoxy) is 1. The number of fused-ring (bicyclic) bond motifs is 1. The van der Waals surface area contributed by atoms with E-state index in [1.165, 1.54) is 32.1 Å². The molecule has 5 rings (SSSR count). The third kappa shape index (κ3) is 6.36. The maximum atomic E-state index is 13.4. The summed E-state index contributed by atoms with van der Waals surface area (Å²) in [6.45, 7) is 2.26. The first kappa shape index (κ1) is 27.4. The van der Waals surface area contributed by atoms with Gasteiger partial charge in [0.15, 0.2) is 5.78 Å². The van der Waals surface area contributed by atoms with Crippen LogP contribution in [0.5, 0.6) is 5.75 Å². The number of rotatable bonds is 10. The van der Waals surface area contributed by atoms with Gasteiger partial charge in [-0.2, -0.15) is 0 Å². The Morgan fingerprint density at radius 1 is 1.08 bits per heavy atom. The van der Waals surface area contributed by atoms with Crippen molar-refractivity contribution in [2.75, 3.05) is 44.0 Å². The number of nitrogens with one attached hydrogen (secondary N) is 1. The molecule has 0 radical (unpaired) electrons. The Balaban J connectivity index is 1.16. The first-order valence-corrected chi connectivity index (χ1v) is 14.8. The molecule has 3 fully saturated rings. The van der Waals surface area contributed by atoms with E-state index in [-0.39, 0.29) is 17.7 Å². The fourth-order valence-corrected chi connectivity index (χ4v) is 7.12. The lowest BCUT2D eigenvalue weighted by molar-refractivity contribution is -0.120. The fourth-order valence-electron chi connectivity index (χ4n) is 7.12. The summed E-state index contributed by atoms with van der Waals surface area (Å²) in [5, 5.41) is 3.23. The number of methoxy groups -OCH3 is 1. The maximum absolute atomic E-state index is 13.4. The molecule has 1 N–H and O–H groups in total. The average Bonchev–Trinajstić information content (AvgIpc) is 3.01. The number of hydrogen-bond donors (Lipinski definition) is 1. The summed E-state index contributed by atoms with van der Waals surface area (Å²) < 4.78 is 5.39. The minimum absolute atomic E-state index is 0.104. The highest BCUT2D eigenvalue weighted by Crippen LogP contribution is 2.43. The highest BCUT2D eigenvalue weighted by molar-refractivity contribution is 5.96. The molecule has 210 valence electrons. The number of ketones is 1. The molecule has 1 unspecified atom stereocenters. The largest absolute Gasteiger partial charge is 0.497 e. The molecule has 1 aliphatic heterocycles. The molecule has 8 nitrogen and oxygen atoms in total. The number of anilines is 2. The number of aromatic nitrogens is 2. The Kier molecular flexibility index (Phi) is 8.99. The third-order valence-corrected chi connectivity index (χ3v) is 9.43. The van der Waals surface area contributed by atoms with E-state index in [0.717, 1.165) is 86.3 Å². The van der Waals surface area contributed by atoms with Gasteiger partial charge in [-0.15, -0.1) is 0 Å². The molecule has 3 atom stereocenters. The molecule has 0 spiro atoms. The number of piperidine rings is 1. The van der Waals surface area contributed by atoms with E-state index in [0.29, 0.717) is 12.2 Å². The molecule has 1 aromatic carbocycles. The minimum atomic E-state index is 0.104. The molecule has 2 saturated carbocycles. The van der Waals surface area contributed by atoms with Crippen LogP contribution in [0.15, 0.2) is 30.6 Å². The van der Waals surface area contributed by atoms with Gasteiger partial charge in [-0.1, -0.05) is 25.7 Å². The zero-order chi connectivity index (χ0) is 27.2. The monoisotopic (exact) mass is 533 g/mol. The van der Waals surface area contributed by atoms with Crippen LogP contribution >= 0.6 is 0 Å². The van der Waals surface area contributed by atoms with Crippen molar-refractivity contribution in [3.8, 4) is 5.75 Å². The second-order valence-corrected chi connectivity index (χ2v) is 11.5. The topological polar surface area (TPSA) is 87.7 Å². The van der Waals surface area contributed by atoms with Gasteiger partial charge in [0, 0.05) is 50.4 Å². The van der Waals surface area contributed by atoms with E-state index in [1.54, 1.807) is 13.4 Å². The number of carbonyl (C=O) groups is 2. The van der Waals surface area contributed by atoms with Gasteiger partial charge in [-0.3, -0.25) is 9.59 Å². The maximum Gasteiger partial charge on any atom is 0.209 e. The van der Waals surface area contributed by atoms with Gasteiger partial charge in [0.05, 0.1) is 7.11 Å². The molecule has 2 heterocycles. The molecule has 3 aliphatic rings. The van der Waals surface area contributed by atoms with Gasteiger partial charge in [0.1, 0.15) is 23.6 Å². The number of hydrogen-bond acceptors (Lipinski definition) is 7. The lowest BCUT2D eigenvalue weighted by Crippen LogP contribution is -2.45. The predicted molar refractivity (Wildman–Crippen MR) is 153 cm³/mol. The van der Waals surface area contributed by atoms with Crippen LogP contribution in [0, 0.1) is 17.8 Å². The lowest BCUT2D eigenvalue weighted by atomic mass is 9.66. The van der Waals surface area contributed by atoms with Crippen molar-refractivity contribution in [2.45, 2.75) is 70.3 Å². The van der Waals surface area contributed by atoms with Crippen LogP contribution in [0.3, 0.4) is 0 Å². The summed E-state index contributed by atoms with van der Waals surface area (Å²) in [5.74, 6) is 3.49. The van der Waals surface area contributed by atoms with Crippen molar-refractivity contribution in [1.82, 2.24) is 14.9 Å². The van der Waals surface area contributed by atoms with Crippen LogP contribution in [0.2, 0.25) is 0 Å². The van der Waals surface area contributed by atoms with Gasteiger partial charge in [0.2, 0.25) is 6.41 Å². The summed E-state index contributed by atoms with van der Waals surface area (Å²) in [7, 11) is 3.58. The molecule has 1 amide bonds. The summed E-state index contributed by atoms with van der Waals surface area (Å²) >= 11 is 0. The van der Waals surface area contributed by atoms with Gasteiger partial charge < -0.3 is 19.9 Å². The normalized spacial score (nSPS) is 23.5. The van der Waals surface area contributed by atoms with Crippen molar-refractivity contribution in [1.29, 1.82) is 0 Å². The van der Waals surface area contributed by atoms with Crippen molar-refractivity contribution in [3.05, 3.63) is 41.9 Å². The van der Waals surface area contributed by atoms with Gasteiger partial charge in [-0.25, -0.2) is 9.97 Å². The van der Waals surface area contributed by atoms with Crippen molar-refractivity contribution < 1.29 is 14.3 Å². The summed E-state index contributed by atoms with van der Waals surface area (Å²) in [6.07, 6.45) is 13.5. The van der Waals surface area contributed by atoms with Crippen LogP contribution in [-0.2, 0) is 11.2 Å². The van der Waals surface area contributed by atoms with Crippen LogP contribution in [0.4, 0.5) is 11.5 Å². The molecule has 39 heavy (non-hydrogen) atoms. The Bertz CT molecular complexity index is 1130. The van der Waals surface area contributed by atoms with Crippen molar-refractivity contribution in [3.63, 3.8) is 0 Å². The average molecular weight is 534 g/mol. The molecule has 1 aromatic heterocycles. The molecule has 1 saturated heterocycles. The Hall–Kier alpha value is -3.16. The third-order valence-electron chi connectivity index (χ3n) is 9.43. The second kappa shape index (κ2) is 12.8. The SMILES string of the molecule is CNc1ccc(OC)cc1CCN(C=O)C1CCN(c2cc(C(=O)C3CC[C@H]4CCCC[C@@H]4C3)ncn2)CC1. The van der Waals surface area contributed by atoms with Gasteiger partial charge >= 0.3 is 0 Å². The van der Waals surface area contributed by atoms with Crippen LogP contribution < -0.4 is 15.0 Å². The number of Topliss-reactive ketones (excluding diaryl/α,β-unsaturated/α-hetero) is 1. The summed E-state index contributed by atoms with van der Waals surface area (Å²) in [5.41, 5.74) is 2.75. The van der Waals surface area contributed by atoms with E-state index in [9.17, 15) is 9.59 Å².